The average Bonchev–Trinajstić information content (AvgIpc) is 2.80. The van der Waals surface area contributed by atoms with E-state index in [0.29, 0.717) is 12.1 Å². The molecule has 0 saturated carbocycles. The van der Waals surface area contributed by atoms with Gasteiger partial charge in [0, 0.05) is 11.1 Å². The van der Waals surface area contributed by atoms with Crippen molar-refractivity contribution < 1.29 is 69.8 Å². The molecule has 2 aliphatic heterocycles. The van der Waals surface area contributed by atoms with Crippen molar-refractivity contribution in [2.45, 2.75) is 30.7 Å². The minimum absolute atomic E-state index is 0.605. The summed E-state index contributed by atoms with van der Waals surface area (Å²) < 4.78 is 15.4. The van der Waals surface area contributed by atoms with Gasteiger partial charge in [-0.15, -0.1) is 0 Å². The molecule has 0 radical (unpaired) electrons. The third kappa shape index (κ3) is 3.36. The summed E-state index contributed by atoms with van der Waals surface area (Å²) in [7, 11) is 0. The predicted octanol–water partition coefficient (Wildman–Crippen LogP) is -1.28. The van der Waals surface area contributed by atoms with Gasteiger partial charge in [-0.1, -0.05) is 0 Å². The van der Waals surface area contributed by atoms with Gasteiger partial charge in [0.1, 0.15) is 12.2 Å². The molecule has 5 atom stereocenters. The van der Waals surface area contributed by atoms with E-state index in [9.17, 15) is 55.5 Å². The van der Waals surface area contributed by atoms with Crippen LogP contribution in [0.1, 0.15) is 20.7 Å². The number of hydrogen-bond donors (Lipinski definition) is 9. The minimum atomic E-state index is -1.99. The molecule has 182 valence electrons. The highest BCUT2D eigenvalue weighted by molar-refractivity contribution is 6.08. The Hall–Kier alpha value is -3.98. The van der Waals surface area contributed by atoms with Crippen molar-refractivity contribution in [3.05, 3.63) is 23.3 Å². The van der Waals surface area contributed by atoms with Crippen LogP contribution in [-0.4, -0.2) is 95.2 Å². The third-order valence-electron chi connectivity index (χ3n) is 5.50. The molecule has 0 bridgehead atoms. The van der Waals surface area contributed by atoms with Crippen LogP contribution < -0.4 is 0 Å². The van der Waals surface area contributed by atoms with Gasteiger partial charge in [-0.2, -0.15) is 0 Å². The molecule has 4 rings (SSSR count). The van der Waals surface area contributed by atoms with Crippen LogP contribution in [0, 0.1) is 0 Å². The van der Waals surface area contributed by atoms with Crippen molar-refractivity contribution in [1.82, 2.24) is 0 Å². The smallest absolute Gasteiger partial charge is 0.339 e. The largest absolute Gasteiger partial charge is 0.504 e. The summed E-state index contributed by atoms with van der Waals surface area (Å²) in [5, 5.41) is 90.7. The summed E-state index contributed by atoms with van der Waals surface area (Å²) in [5.74, 6) is -9.62. The normalized spacial score (nSPS) is 26.5. The molecule has 1 saturated heterocycles. The molecule has 2 heterocycles. The summed E-state index contributed by atoms with van der Waals surface area (Å²) in [6.07, 6.45) is -9.06. The Morgan fingerprint density at radius 1 is 0.706 bits per heavy atom. The molecule has 2 aromatic rings. The molecule has 0 aliphatic carbocycles. The maximum absolute atomic E-state index is 13.1. The molecule has 1 fully saturated rings. The van der Waals surface area contributed by atoms with E-state index in [4.69, 9.17) is 14.2 Å². The standard InChI is InChI=1S/C20H18O14/c21-3-8-16-17(15(28)20(31)32-8)34-19(30)5-2-7(23)12(25)14(27)10(5)9-4(18(29)33-16)1-6(22)11(24)13(9)26/h1-2,8,15-17,20-28,31H,3H2/t8-,15-,16-,17-,20+/m1/s1. The molecular formula is C20H18O14. The fraction of sp³-hybridized carbons (Fsp3) is 0.300. The van der Waals surface area contributed by atoms with Crippen LogP contribution in [0.3, 0.4) is 0 Å². The van der Waals surface area contributed by atoms with E-state index < -0.39 is 106 Å². The van der Waals surface area contributed by atoms with Crippen LogP contribution in [0.15, 0.2) is 12.1 Å². The lowest BCUT2D eigenvalue weighted by atomic mass is 9.91. The van der Waals surface area contributed by atoms with E-state index >= 15 is 0 Å². The molecule has 2 aliphatic rings. The zero-order valence-electron chi connectivity index (χ0n) is 16.8. The number of aliphatic hydroxyl groups is 3. The molecule has 0 amide bonds. The predicted molar refractivity (Wildman–Crippen MR) is 104 cm³/mol. The van der Waals surface area contributed by atoms with Gasteiger partial charge in [-0.05, 0) is 12.1 Å². The maximum Gasteiger partial charge on any atom is 0.339 e. The van der Waals surface area contributed by atoms with Gasteiger partial charge in [0.2, 0.25) is 11.5 Å². The summed E-state index contributed by atoms with van der Waals surface area (Å²) in [4.78, 5) is 26.1. The number of fused-ring (bicyclic) bond motifs is 4. The quantitative estimate of drug-likeness (QED) is 0.170. The van der Waals surface area contributed by atoms with Crippen LogP contribution in [0.2, 0.25) is 0 Å². The number of carbonyl (C=O) groups excluding carboxylic acids is 2. The van der Waals surface area contributed by atoms with E-state index in [2.05, 4.69) is 0 Å². The first-order valence-electron chi connectivity index (χ1n) is 9.58. The number of benzene rings is 2. The van der Waals surface area contributed by atoms with Crippen LogP contribution in [0.5, 0.6) is 34.5 Å². The second-order valence-electron chi connectivity index (χ2n) is 7.51. The molecule has 14 heteroatoms. The highest BCUT2D eigenvalue weighted by Crippen LogP contribution is 2.53. The maximum atomic E-state index is 13.1. The number of phenols is 6. The fourth-order valence-corrected chi connectivity index (χ4v) is 3.82. The van der Waals surface area contributed by atoms with Crippen molar-refractivity contribution in [3.63, 3.8) is 0 Å². The van der Waals surface area contributed by atoms with E-state index in [1.807, 2.05) is 0 Å². The molecule has 34 heavy (non-hydrogen) atoms. The van der Waals surface area contributed by atoms with Gasteiger partial charge < -0.3 is 60.2 Å². The average molecular weight is 482 g/mol. The van der Waals surface area contributed by atoms with E-state index in [1.54, 1.807) is 0 Å². The number of aliphatic hydroxyl groups excluding tert-OH is 3. The Morgan fingerprint density at radius 2 is 1.15 bits per heavy atom. The second kappa shape index (κ2) is 8.11. The van der Waals surface area contributed by atoms with Crippen LogP contribution in [-0.2, 0) is 14.2 Å². The number of esters is 2. The van der Waals surface area contributed by atoms with Gasteiger partial charge in [-0.25, -0.2) is 9.59 Å². The lowest BCUT2D eigenvalue weighted by molar-refractivity contribution is -0.285. The van der Waals surface area contributed by atoms with Crippen LogP contribution >= 0.6 is 0 Å². The van der Waals surface area contributed by atoms with Gasteiger partial charge in [0.05, 0.1) is 17.7 Å². The van der Waals surface area contributed by atoms with Gasteiger partial charge >= 0.3 is 11.9 Å². The first-order chi connectivity index (χ1) is 16.0. The monoisotopic (exact) mass is 482 g/mol. The first kappa shape index (κ1) is 23.2. The number of phenolic OH excluding ortho intramolecular Hbond substituents is 6. The van der Waals surface area contributed by atoms with Crippen molar-refractivity contribution in [2.75, 3.05) is 6.61 Å². The third-order valence-corrected chi connectivity index (χ3v) is 5.50. The topological polar surface area (TPSA) is 244 Å². The summed E-state index contributed by atoms with van der Waals surface area (Å²) in [6, 6.07) is 1.22. The molecular weight excluding hydrogens is 464 g/mol. The Morgan fingerprint density at radius 3 is 1.59 bits per heavy atom. The molecule has 0 spiro atoms. The van der Waals surface area contributed by atoms with Crippen molar-refractivity contribution >= 4 is 11.9 Å². The number of rotatable bonds is 1. The van der Waals surface area contributed by atoms with E-state index in [1.165, 1.54) is 0 Å². The molecule has 2 aromatic carbocycles. The van der Waals surface area contributed by atoms with E-state index in [-0.39, 0.29) is 0 Å². The highest BCUT2D eigenvalue weighted by Gasteiger charge is 2.50. The van der Waals surface area contributed by atoms with Crippen LogP contribution in [0.25, 0.3) is 11.1 Å². The van der Waals surface area contributed by atoms with Gasteiger partial charge in [-0.3, -0.25) is 0 Å². The number of ether oxygens (including phenoxy) is 3. The highest BCUT2D eigenvalue weighted by atomic mass is 16.7. The van der Waals surface area contributed by atoms with Crippen molar-refractivity contribution in [1.29, 1.82) is 0 Å². The molecule has 0 unspecified atom stereocenters. The zero-order valence-corrected chi connectivity index (χ0v) is 16.8. The minimum Gasteiger partial charge on any atom is -0.504 e. The Labute approximate surface area is 188 Å². The second-order valence-corrected chi connectivity index (χ2v) is 7.51. The van der Waals surface area contributed by atoms with Crippen molar-refractivity contribution in [3.8, 4) is 45.6 Å². The summed E-state index contributed by atoms with van der Waals surface area (Å²) >= 11 is 0. The molecule has 14 nitrogen and oxygen atoms in total. The van der Waals surface area contributed by atoms with Crippen molar-refractivity contribution in [2.24, 2.45) is 0 Å². The number of hydrogen-bond acceptors (Lipinski definition) is 14. The zero-order chi connectivity index (χ0) is 25.1. The number of aromatic hydroxyl groups is 6. The Balaban J connectivity index is 2.06. The van der Waals surface area contributed by atoms with Crippen LogP contribution in [0.4, 0.5) is 0 Å². The fourth-order valence-electron chi connectivity index (χ4n) is 3.82. The van der Waals surface area contributed by atoms with Gasteiger partial charge in [0.15, 0.2) is 41.5 Å². The lowest BCUT2D eigenvalue weighted by Crippen LogP contribution is -2.61. The van der Waals surface area contributed by atoms with E-state index in [0.717, 1.165) is 0 Å². The summed E-state index contributed by atoms with van der Waals surface area (Å²) in [6.45, 7) is -0.874. The summed E-state index contributed by atoms with van der Waals surface area (Å²) in [5.41, 5.74) is -3.12. The SMILES string of the molecule is O=C1O[C@@H]2[C@@H](O)[C@@H](O)O[C@H](CO)[C@H]2OC(=O)c2cc(O)c(O)c(O)c2-c2c1cc(O)c(O)c2O. The first-order valence-corrected chi connectivity index (χ1v) is 9.58. The lowest BCUT2D eigenvalue weighted by Gasteiger charge is -2.41. The Kier molecular flexibility index (Phi) is 5.53. The molecule has 9 N–H and O–H groups in total. The molecule has 0 aromatic heterocycles. The number of carbonyl (C=O) groups is 2. The Bertz CT molecular complexity index is 1110. The van der Waals surface area contributed by atoms with Gasteiger partial charge in [0.25, 0.3) is 0 Å².